The molecule has 0 bridgehead atoms. The number of nitrogens with one attached hydrogen (secondary N) is 2. The molecule has 1 aliphatic rings. The van der Waals surface area contributed by atoms with Gasteiger partial charge in [0.2, 0.25) is 5.91 Å². The molecule has 1 aliphatic heterocycles. The van der Waals surface area contributed by atoms with Crippen molar-refractivity contribution in [1.82, 2.24) is 10.7 Å². The molecule has 142 valence electrons. The van der Waals surface area contributed by atoms with E-state index in [1.807, 2.05) is 30.3 Å². The van der Waals surface area contributed by atoms with E-state index in [0.717, 1.165) is 5.56 Å². The molecule has 0 spiro atoms. The number of hydrogen-bond acceptors (Lipinski definition) is 5. The van der Waals surface area contributed by atoms with Gasteiger partial charge in [0, 0.05) is 30.8 Å². The van der Waals surface area contributed by atoms with Gasteiger partial charge in [0.1, 0.15) is 5.92 Å². The zero-order valence-corrected chi connectivity index (χ0v) is 14.8. The Labute approximate surface area is 161 Å². The highest BCUT2D eigenvalue weighted by Crippen LogP contribution is 2.28. The molecule has 2 aromatic carbocycles. The summed E-state index contributed by atoms with van der Waals surface area (Å²) in [6, 6.07) is 15.5. The largest absolute Gasteiger partial charge is 0.355 e. The van der Waals surface area contributed by atoms with Crippen LogP contribution in [0.25, 0.3) is 6.08 Å². The molecular weight excluding hydrogens is 360 g/mol. The Morgan fingerprint density at radius 2 is 2.00 bits per heavy atom. The highest BCUT2D eigenvalue weighted by molar-refractivity contribution is 6.03. The van der Waals surface area contributed by atoms with E-state index < -0.39 is 16.7 Å². The molecule has 2 atom stereocenters. The minimum absolute atomic E-state index is 0.00779. The molecule has 0 aliphatic carbocycles. The van der Waals surface area contributed by atoms with Crippen LogP contribution in [0.5, 0.6) is 0 Å². The van der Waals surface area contributed by atoms with Gasteiger partial charge in [-0.3, -0.25) is 19.7 Å². The number of carbonyl (C=O) groups excluding carboxylic acids is 2. The molecule has 28 heavy (non-hydrogen) atoms. The van der Waals surface area contributed by atoms with Crippen LogP contribution in [0.4, 0.5) is 5.69 Å². The monoisotopic (exact) mass is 378 g/mol. The van der Waals surface area contributed by atoms with Gasteiger partial charge in [0.15, 0.2) is 0 Å². The van der Waals surface area contributed by atoms with Crippen LogP contribution in [0.3, 0.4) is 0 Å². The van der Waals surface area contributed by atoms with E-state index in [1.54, 1.807) is 24.3 Å². The number of carbonyl (C=O) groups is 2. The third-order valence-electron chi connectivity index (χ3n) is 4.40. The maximum atomic E-state index is 12.4. The summed E-state index contributed by atoms with van der Waals surface area (Å²) in [5.41, 5.74) is 3.92. The van der Waals surface area contributed by atoms with Gasteiger partial charge in [0.25, 0.3) is 11.6 Å². The van der Waals surface area contributed by atoms with E-state index in [-0.39, 0.29) is 17.5 Å². The number of benzene rings is 2. The van der Waals surface area contributed by atoms with Gasteiger partial charge < -0.3 is 5.32 Å². The van der Waals surface area contributed by atoms with Crippen molar-refractivity contribution < 1.29 is 14.5 Å². The maximum absolute atomic E-state index is 12.4. The van der Waals surface area contributed by atoms with E-state index in [0.29, 0.717) is 12.1 Å². The minimum atomic E-state index is -0.847. The number of amides is 2. The molecule has 1 saturated heterocycles. The molecule has 3 rings (SSSR count). The predicted molar refractivity (Wildman–Crippen MR) is 104 cm³/mol. The van der Waals surface area contributed by atoms with Crippen molar-refractivity contribution in [2.24, 2.45) is 11.0 Å². The third-order valence-corrected chi connectivity index (χ3v) is 4.40. The maximum Gasteiger partial charge on any atom is 0.270 e. The average molecular weight is 378 g/mol. The number of nitro benzene ring substituents is 1. The van der Waals surface area contributed by atoms with Crippen molar-refractivity contribution in [2.45, 2.75) is 5.92 Å². The van der Waals surface area contributed by atoms with Gasteiger partial charge in [-0.1, -0.05) is 48.5 Å². The lowest BCUT2D eigenvalue weighted by atomic mass is 9.88. The van der Waals surface area contributed by atoms with E-state index >= 15 is 0 Å². The van der Waals surface area contributed by atoms with Crippen molar-refractivity contribution in [3.05, 3.63) is 81.9 Å². The fourth-order valence-corrected chi connectivity index (χ4v) is 3.04. The van der Waals surface area contributed by atoms with Gasteiger partial charge in [-0.05, 0) is 17.2 Å². The lowest BCUT2D eigenvalue weighted by molar-refractivity contribution is -0.384. The van der Waals surface area contributed by atoms with Crippen LogP contribution in [0, 0.1) is 16.0 Å². The highest BCUT2D eigenvalue weighted by atomic mass is 16.6. The average Bonchev–Trinajstić information content (AvgIpc) is 3.10. The van der Waals surface area contributed by atoms with Crippen molar-refractivity contribution in [3.8, 4) is 0 Å². The van der Waals surface area contributed by atoms with E-state index in [1.165, 1.54) is 18.3 Å². The van der Waals surface area contributed by atoms with Crippen molar-refractivity contribution >= 4 is 29.8 Å². The first-order valence-electron chi connectivity index (χ1n) is 8.63. The van der Waals surface area contributed by atoms with E-state index in [9.17, 15) is 19.7 Å². The molecular formula is C20H18N4O4. The van der Waals surface area contributed by atoms with Crippen LogP contribution in [-0.4, -0.2) is 29.5 Å². The molecule has 0 radical (unpaired) electrons. The van der Waals surface area contributed by atoms with Crippen LogP contribution in [0.2, 0.25) is 0 Å². The molecule has 2 N–H and O–H groups in total. The Balaban J connectivity index is 1.60. The lowest BCUT2D eigenvalue weighted by Crippen LogP contribution is -2.34. The number of nitro groups is 1. The number of rotatable bonds is 6. The molecule has 0 saturated carbocycles. The number of hydrazone groups is 1. The predicted octanol–water partition coefficient (Wildman–Crippen LogP) is 2.24. The van der Waals surface area contributed by atoms with Gasteiger partial charge in [-0.25, -0.2) is 5.43 Å². The Kier molecular flexibility index (Phi) is 5.91. The molecule has 2 amide bonds. The topological polar surface area (TPSA) is 114 Å². The number of allylic oxidation sites excluding steroid dienone is 1. The van der Waals surface area contributed by atoms with Crippen molar-refractivity contribution in [2.75, 3.05) is 6.54 Å². The van der Waals surface area contributed by atoms with Crippen LogP contribution in [0.15, 0.2) is 65.8 Å². The quantitative estimate of drug-likeness (QED) is 0.347. The number of nitrogens with zero attached hydrogens (tertiary/aromatic N) is 2. The summed E-state index contributed by atoms with van der Waals surface area (Å²) >= 11 is 0. The molecule has 2 aromatic rings. The van der Waals surface area contributed by atoms with E-state index in [2.05, 4.69) is 15.8 Å². The summed E-state index contributed by atoms with van der Waals surface area (Å²) < 4.78 is 0. The standard InChI is InChI=1S/C20H18N4O4/c25-19-18(17(13-21-19)15-8-2-1-3-9-15)20(26)23-22-11-5-7-14-6-4-10-16(12-14)24(27)28/h1-12,17-18H,13H2,(H,21,25)(H,23,26). The summed E-state index contributed by atoms with van der Waals surface area (Å²) in [4.78, 5) is 34.8. The molecule has 0 aromatic heterocycles. The SMILES string of the molecule is O=C1NCC(c2ccccc2)C1C(=O)NN=CC=Cc1cccc([N+](=O)[O-])c1. The summed E-state index contributed by atoms with van der Waals surface area (Å²) in [5, 5.41) is 17.3. The van der Waals surface area contributed by atoms with Gasteiger partial charge in [-0.2, -0.15) is 5.10 Å². The Morgan fingerprint density at radius 1 is 1.21 bits per heavy atom. The molecule has 1 heterocycles. The Hall–Kier alpha value is -3.81. The zero-order chi connectivity index (χ0) is 19.9. The van der Waals surface area contributed by atoms with Gasteiger partial charge in [-0.15, -0.1) is 0 Å². The second-order valence-corrected chi connectivity index (χ2v) is 6.21. The second kappa shape index (κ2) is 8.72. The molecule has 2 unspecified atom stereocenters. The third kappa shape index (κ3) is 4.47. The Bertz CT molecular complexity index is 940. The van der Waals surface area contributed by atoms with Gasteiger partial charge >= 0.3 is 0 Å². The van der Waals surface area contributed by atoms with Crippen molar-refractivity contribution in [3.63, 3.8) is 0 Å². The molecule has 8 heteroatoms. The first-order chi connectivity index (χ1) is 13.6. The van der Waals surface area contributed by atoms with Crippen LogP contribution < -0.4 is 10.7 Å². The minimum Gasteiger partial charge on any atom is -0.355 e. The smallest absolute Gasteiger partial charge is 0.270 e. The van der Waals surface area contributed by atoms with Gasteiger partial charge in [0.05, 0.1) is 4.92 Å². The molecule has 1 fully saturated rings. The number of non-ortho nitro benzene ring substituents is 1. The fourth-order valence-electron chi connectivity index (χ4n) is 3.04. The zero-order valence-electron chi connectivity index (χ0n) is 14.8. The highest BCUT2D eigenvalue weighted by Gasteiger charge is 2.40. The summed E-state index contributed by atoms with van der Waals surface area (Å²) in [5.74, 6) is -1.90. The first kappa shape index (κ1) is 19.0. The van der Waals surface area contributed by atoms with Crippen molar-refractivity contribution in [1.29, 1.82) is 0 Å². The number of hydrogen-bond donors (Lipinski definition) is 2. The normalized spacial score (nSPS) is 19.1. The summed E-state index contributed by atoms with van der Waals surface area (Å²) in [7, 11) is 0. The molecule has 8 nitrogen and oxygen atoms in total. The van der Waals surface area contributed by atoms with Crippen LogP contribution in [-0.2, 0) is 9.59 Å². The summed E-state index contributed by atoms with van der Waals surface area (Å²) in [6.07, 6.45) is 4.52. The Morgan fingerprint density at radius 3 is 2.75 bits per heavy atom. The van der Waals surface area contributed by atoms with Crippen LogP contribution >= 0.6 is 0 Å². The van der Waals surface area contributed by atoms with Crippen LogP contribution in [0.1, 0.15) is 17.0 Å². The summed E-state index contributed by atoms with van der Waals surface area (Å²) in [6.45, 7) is 0.400. The second-order valence-electron chi connectivity index (χ2n) is 6.21. The fraction of sp³-hybridized carbons (Fsp3) is 0.150. The van der Waals surface area contributed by atoms with E-state index in [4.69, 9.17) is 0 Å². The lowest BCUT2D eigenvalue weighted by Gasteiger charge is -2.15. The first-order valence-corrected chi connectivity index (χ1v) is 8.63.